The Morgan fingerprint density at radius 2 is 1.12 bits per heavy atom. The first-order valence-electron chi connectivity index (χ1n) is 9.80. The zero-order chi connectivity index (χ0) is 25.9. The molecule has 0 bridgehead atoms. The first kappa shape index (κ1) is 29.2. The fraction of sp³-hybridized carbons (Fsp3) is 0.611. The van der Waals surface area contributed by atoms with E-state index in [0.29, 0.717) is 6.42 Å². The largest absolute Gasteiger partial charge is 0.481 e. The lowest BCUT2D eigenvalue weighted by atomic mass is 9.99. The van der Waals surface area contributed by atoms with Crippen molar-refractivity contribution in [2.45, 2.75) is 63.7 Å². The van der Waals surface area contributed by atoms with Crippen LogP contribution in [0.3, 0.4) is 0 Å². The molecule has 33 heavy (non-hydrogen) atoms. The van der Waals surface area contributed by atoms with Crippen molar-refractivity contribution in [1.29, 1.82) is 0 Å². The number of carbonyl (C=O) groups is 7. The monoisotopic (exact) mass is 475 g/mol. The molecule has 0 aliphatic carbocycles. The van der Waals surface area contributed by atoms with E-state index in [1.807, 2.05) is 10.6 Å². The second-order valence-electron chi connectivity index (χ2n) is 7.30. The molecule has 0 spiro atoms. The van der Waals surface area contributed by atoms with Crippen LogP contribution >= 0.6 is 0 Å². The number of aliphatic carboxylic acids is 3. The van der Waals surface area contributed by atoms with Gasteiger partial charge in [0.2, 0.25) is 23.6 Å². The summed E-state index contributed by atoms with van der Waals surface area (Å²) < 4.78 is 0. The van der Waals surface area contributed by atoms with Gasteiger partial charge in [-0.3, -0.25) is 28.8 Å². The molecule has 0 aromatic heterocycles. The lowest BCUT2D eigenvalue weighted by Gasteiger charge is -2.25. The zero-order valence-corrected chi connectivity index (χ0v) is 18.1. The van der Waals surface area contributed by atoms with Crippen LogP contribution in [0.5, 0.6) is 0 Å². The van der Waals surface area contributed by atoms with E-state index in [2.05, 4.69) is 5.32 Å². The highest BCUT2D eigenvalue weighted by Gasteiger charge is 2.33. The fourth-order valence-electron chi connectivity index (χ4n) is 2.49. The summed E-state index contributed by atoms with van der Waals surface area (Å²) in [6.07, 6.45) is -2.20. The van der Waals surface area contributed by atoms with Crippen molar-refractivity contribution in [2.75, 3.05) is 0 Å². The van der Waals surface area contributed by atoms with Gasteiger partial charge in [-0.25, -0.2) is 4.79 Å². The van der Waals surface area contributed by atoms with Gasteiger partial charge < -0.3 is 42.7 Å². The van der Waals surface area contributed by atoms with E-state index in [9.17, 15) is 33.6 Å². The number of amides is 4. The molecule has 0 heterocycles. The second-order valence-corrected chi connectivity index (χ2v) is 7.30. The van der Waals surface area contributed by atoms with E-state index >= 15 is 0 Å². The van der Waals surface area contributed by atoms with E-state index in [0.717, 1.165) is 0 Å². The van der Waals surface area contributed by atoms with Crippen LogP contribution in [-0.2, 0) is 33.6 Å². The third-order valence-corrected chi connectivity index (χ3v) is 4.60. The molecule has 5 unspecified atom stereocenters. The Morgan fingerprint density at radius 3 is 1.52 bits per heavy atom. The summed E-state index contributed by atoms with van der Waals surface area (Å²) >= 11 is 0. The zero-order valence-electron chi connectivity index (χ0n) is 18.1. The minimum atomic E-state index is -1.90. The summed E-state index contributed by atoms with van der Waals surface area (Å²) in [7, 11) is 0. The SMILES string of the molecule is CCC(C)C(N)C(=O)NC(CC(N)=O)C(=O)NC(CC(=O)O)C(=O)NC(CC(=O)O)C(=O)O. The summed E-state index contributed by atoms with van der Waals surface area (Å²) in [6, 6.07) is -6.41. The Labute approximate surface area is 188 Å². The molecule has 10 N–H and O–H groups in total. The topological polar surface area (TPSA) is 268 Å². The number of hydrogen-bond donors (Lipinski definition) is 8. The van der Waals surface area contributed by atoms with E-state index < -0.39 is 85.0 Å². The minimum Gasteiger partial charge on any atom is -0.481 e. The van der Waals surface area contributed by atoms with Crippen molar-refractivity contribution >= 4 is 41.5 Å². The molecule has 15 nitrogen and oxygen atoms in total. The summed E-state index contributed by atoms with van der Waals surface area (Å²) in [5.41, 5.74) is 10.9. The number of hydrogen-bond acceptors (Lipinski definition) is 8. The highest BCUT2D eigenvalue weighted by molar-refractivity contribution is 5.97. The molecule has 4 amide bonds. The molecule has 0 fully saturated rings. The molecule has 0 aliphatic rings. The molecule has 0 saturated heterocycles. The van der Waals surface area contributed by atoms with Crippen LogP contribution in [0.2, 0.25) is 0 Å². The summed E-state index contributed by atoms with van der Waals surface area (Å²) in [4.78, 5) is 81.6. The van der Waals surface area contributed by atoms with Crippen LogP contribution in [0.15, 0.2) is 0 Å². The Balaban J connectivity index is 5.60. The van der Waals surface area contributed by atoms with Gasteiger partial charge >= 0.3 is 17.9 Å². The van der Waals surface area contributed by atoms with Gasteiger partial charge in [0.25, 0.3) is 0 Å². The average molecular weight is 475 g/mol. The standard InChI is InChI=1S/C18H29N5O10/c1-3-7(2)14(20)17(31)22-8(4-11(19)24)15(29)21-9(5-12(25)26)16(30)23-10(18(32)33)6-13(27)28/h7-10,14H,3-6,20H2,1-2H3,(H2,19,24)(H,21,29)(H,22,31)(H,23,30)(H,25,26)(H,27,28)(H,32,33). The number of primary amides is 1. The first-order valence-corrected chi connectivity index (χ1v) is 9.80. The quantitative estimate of drug-likeness (QED) is 0.116. The van der Waals surface area contributed by atoms with Crippen LogP contribution in [0.4, 0.5) is 0 Å². The van der Waals surface area contributed by atoms with Gasteiger partial charge in [0.15, 0.2) is 0 Å². The third-order valence-electron chi connectivity index (χ3n) is 4.60. The maximum absolute atomic E-state index is 12.6. The number of carboxylic acids is 3. The van der Waals surface area contributed by atoms with Crippen molar-refractivity contribution in [3.8, 4) is 0 Å². The van der Waals surface area contributed by atoms with Gasteiger partial charge in [0.1, 0.15) is 18.1 Å². The van der Waals surface area contributed by atoms with E-state index in [1.165, 1.54) is 0 Å². The lowest BCUT2D eigenvalue weighted by molar-refractivity contribution is -0.148. The minimum absolute atomic E-state index is 0.282. The maximum atomic E-state index is 12.6. The molecule has 186 valence electrons. The fourth-order valence-corrected chi connectivity index (χ4v) is 2.49. The maximum Gasteiger partial charge on any atom is 0.326 e. The Bertz CT molecular complexity index is 787. The van der Waals surface area contributed by atoms with Gasteiger partial charge in [0.05, 0.1) is 25.3 Å². The van der Waals surface area contributed by atoms with Crippen molar-refractivity contribution in [1.82, 2.24) is 16.0 Å². The van der Waals surface area contributed by atoms with Crippen LogP contribution < -0.4 is 27.4 Å². The molecule has 0 saturated carbocycles. The smallest absolute Gasteiger partial charge is 0.326 e. The molecular weight excluding hydrogens is 446 g/mol. The van der Waals surface area contributed by atoms with Gasteiger partial charge in [-0.2, -0.15) is 0 Å². The summed E-state index contributed by atoms with van der Waals surface area (Å²) in [5, 5.41) is 32.8. The number of nitrogens with one attached hydrogen (secondary N) is 3. The Kier molecular flexibility index (Phi) is 12.1. The van der Waals surface area contributed by atoms with Crippen LogP contribution in [0.25, 0.3) is 0 Å². The van der Waals surface area contributed by atoms with Gasteiger partial charge in [-0.05, 0) is 5.92 Å². The predicted octanol–water partition coefficient (Wildman–Crippen LogP) is -3.28. The summed E-state index contributed by atoms with van der Waals surface area (Å²) in [6.45, 7) is 3.45. The Hall–Kier alpha value is -3.75. The predicted molar refractivity (Wildman–Crippen MR) is 109 cm³/mol. The highest BCUT2D eigenvalue weighted by Crippen LogP contribution is 2.07. The normalized spacial score (nSPS) is 15.1. The van der Waals surface area contributed by atoms with Crippen molar-refractivity contribution < 1.29 is 48.9 Å². The summed E-state index contributed by atoms with van der Waals surface area (Å²) in [5.74, 6) is -9.36. The van der Waals surface area contributed by atoms with Crippen LogP contribution in [0.1, 0.15) is 39.5 Å². The number of carboxylic acid groups (broad SMARTS) is 3. The van der Waals surface area contributed by atoms with Crippen LogP contribution in [0, 0.1) is 5.92 Å². The van der Waals surface area contributed by atoms with E-state index in [4.69, 9.17) is 26.8 Å². The molecule has 0 aliphatic heterocycles. The molecule has 0 aromatic rings. The number of carbonyl (C=O) groups excluding carboxylic acids is 4. The second kappa shape index (κ2) is 13.6. The highest BCUT2D eigenvalue weighted by atomic mass is 16.4. The van der Waals surface area contributed by atoms with Gasteiger partial charge in [0, 0.05) is 0 Å². The van der Waals surface area contributed by atoms with Crippen molar-refractivity contribution in [2.24, 2.45) is 17.4 Å². The lowest BCUT2D eigenvalue weighted by Crippen LogP contribution is -2.58. The van der Waals surface area contributed by atoms with Crippen molar-refractivity contribution in [3.63, 3.8) is 0 Å². The first-order chi connectivity index (χ1) is 15.2. The molecular formula is C18H29N5O10. The van der Waals surface area contributed by atoms with Crippen LogP contribution in [-0.4, -0.2) is 81.0 Å². The average Bonchev–Trinajstić information content (AvgIpc) is 2.69. The molecule has 0 radical (unpaired) electrons. The third kappa shape index (κ3) is 10.9. The molecule has 0 rings (SSSR count). The van der Waals surface area contributed by atoms with E-state index in [-0.39, 0.29) is 5.92 Å². The molecule has 5 atom stereocenters. The van der Waals surface area contributed by atoms with Gasteiger partial charge in [-0.15, -0.1) is 0 Å². The number of rotatable bonds is 15. The number of nitrogens with two attached hydrogens (primary N) is 2. The Morgan fingerprint density at radius 1 is 0.727 bits per heavy atom. The van der Waals surface area contributed by atoms with Crippen molar-refractivity contribution in [3.05, 3.63) is 0 Å². The molecule has 15 heteroatoms. The van der Waals surface area contributed by atoms with Gasteiger partial charge in [-0.1, -0.05) is 20.3 Å². The van der Waals surface area contributed by atoms with E-state index in [1.54, 1.807) is 13.8 Å². The molecule has 0 aromatic carbocycles.